The van der Waals surface area contributed by atoms with Gasteiger partial charge in [-0.3, -0.25) is 10.2 Å². The first-order valence-electron chi connectivity index (χ1n) is 14.4. The van der Waals surface area contributed by atoms with Crippen LogP contribution in [0.25, 0.3) is 11.1 Å². The molecule has 1 atom stereocenters. The number of anilines is 1. The van der Waals surface area contributed by atoms with E-state index in [2.05, 4.69) is 30.3 Å². The van der Waals surface area contributed by atoms with Crippen molar-refractivity contribution in [2.75, 3.05) is 12.3 Å². The molecule has 2 aromatic rings. The largest absolute Gasteiger partial charge is 0.497 e. The van der Waals surface area contributed by atoms with Crippen molar-refractivity contribution < 1.29 is 9.94 Å². The van der Waals surface area contributed by atoms with Gasteiger partial charge in [-0.1, -0.05) is 59.3 Å². The highest BCUT2D eigenvalue weighted by Gasteiger charge is 2.29. The Morgan fingerprint density at radius 1 is 1.16 bits per heavy atom. The fourth-order valence-corrected chi connectivity index (χ4v) is 4.82. The number of pyridine rings is 1. The van der Waals surface area contributed by atoms with Crippen LogP contribution in [0.4, 0.5) is 5.69 Å². The Kier molecular flexibility index (Phi) is 13.3. The van der Waals surface area contributed by atoms with Gasteiger partial charge in [0.1, 0.15) is 17.5 Å². The maximum Gasteiger partial charge on any atom is 0.119 e. The Morgan fingerprint density at radius 3 is 2.32 bits per heavy atom. The second-order valence-electron chi connectivity index (χ2n) is 10.2. The number of aromatic nitrogens is 1. The fourth-order valence-electron chi connectivity index (χ4n) is 4.82. The van der Waals surface area contributed by atoms with E-state index in [-0.39, 0.29) is 6.04 Å². The number of benzene rings is 1. The number of hydrogen-bond acceptors (Lipinski definition) is 6. The molecule has 0 unspecified atom stereocenters. The van der Waals surface area contributed by atoms with Crippen LogP contribution in [0.2, 0.25) is 0 Å². The topological polar surface area (TPSA) is 81.4 Å². The summed E-state index contributed by atoms with van der Waals surface area (Å²) in [5.41, 5.74) is 7.49. The van der Waals surface area contributed by atoms with Crippen molar-refractivity contribution in [2.45, 2.75) is 99.0 Å². The zero-order valence-corrected chi connectivity index (χ0v) is 24.6. The summed E-state index contributed by atoms with van der Waals surface area (Å²) in [7, 11) is 1.62. The predicted molar refractivity (Wildman–Crippen MR) is 158 cm³/mol. The summed E-state index contributed by atoms with van der Waals surface area (Å²) in [6.07, 6.45) is 12.9. The number of allylic oxidation sites excluding steroid dienone is 2. The van der Waals surface area contributed by atoms with E-state index in [1.807, 2.05) is 52.0 Å². The van der Waals surface area contributed by atoms with Crippen molar-refractivity contribution in [1.82, 2.24) is 10.4 Å². The standard InChI is InChI=1S/C22H26N4O2.C8H16.C2H6/c1-14-11-19(28-4)8-9-20(14)21(12-23)15(2)22-10-7-18(13-24-22)26(27)25-16(3)17-5-6-17;1-2-8-6-4-3-5-7-8;1-2/h7-11,13,16-17,25,27H,5-6H2,1-4H3;8H,2-7H2,1H3;1-2H3/b21-15+;;/t16-;;/m0../s1. The van der Waals surface area contributed by atoms with Gasteiger partial charge in [0.25, 0.3) is 0 Å². The molecule has 6 heteroatoms. The molecule has 1 aromatic heterocycles. The number of nitrogens with zero attached hydrogens (tertiary/aromatic N) is 3. The summed E-state index contributed by atoms with van der Waals surface area (Å²) in [4.78, 5) is 4.45. The van der Waals surface area contributed by atoms with E-state index in [1.165, 1.54) is 51.4 Å². The number of rotatable bonds is 8. The third kappa shape index (κ3) is 9.15. The van der Waals surface area contributed by atoms with Gasteiger partial charge in [-0.15, -0.1) is 0 Å². The van der Waals surface area contributed by atoms with Crippen LogP contribution in [0.1, 0.15) is 103 Å². The van der Waals surface area contributed by atoms with Crippen LogP contribution in [0.15, 0.2) is 36.5 Å². The van der Waals surface area contributed by atoms with Crippen LogP contribution in [0.5, 0.6) is 5.75 Å². The van der Waals surface area contributed by atoms with E-state index in [0.29, 0.717) is 22.9 Å². The van der Waals surface area contributed by atoms with E-state index >= 15 is 0 Å². The van der Waals surface area contributed by atoms with Crippen LogP contribution in [-0.4, -0.2) is 23.3 Å². The molecular formula is C32H48N4O2. The van der Waals surface area contributed by atoms with Gasteiger partial charge in [-0.2, -0.15) is 10.4 Å². The maximum atomic E-state index is 10.2. The molecular weight excluding hydrogens is 472 g/mol. The van der Waals surface area contributed by atoms with Crippen LogP contribution in [0, 0.1) is 30.1 Å². The summed E-state index contributed by atoms with van der Waals surface area (Å²) in [5, 5.41) is 21.0. The molecule has 2 N–H and O–H groups in total. The molecule has 2 fully saturated rings. The summed E-state index contributed by atoms with van der Waals surface area (Å²) in [6, 6.07) is 11.8. The van der Waals surface area contributed by atoms with Gasteiger partial charge in [0, 0.05) is 6.04 Å². The minimum atomic E-state index is 0.217. The van der Waals surface area contributed by atoms with Gasteiger partial charge in [-0.05, 0) is 92.5 Å². The lowest BCUT2D eigenvalue weighted by Gasteiger charge is -2.22. The van der Waals surface area contributed by atoms with Gasteiger partial charge >= 0.3 is 0 Å². The Bertz CT molecular complexity index is 1050. The van der Waals surface area contributed by atoms with Crippen LogP contribution < -0.4 is 15.3 Å². The van der Waals surface area contributed by atoms with E-state index in [4.69, 9.17) is 4.74 Å². The van der Waals surface area contributed by atoms with Crippen molar-refractivity contribution in [3.8, 4) is 11.8 Å². The first-order chi connectivity index (χ1) is 18.4. The highest BCUT2D eigenvalue weighted by molar-refractivity contribution is 5.96. The molecule has 0 bridgehead atoms. The molecule has 1 aromatic carbocycles. The van der Waals surface area contributed by atoms with Crippen molar-refractivity contribution >= 4 is 16.8 Å². The van der Waals surface area contributed by atoms with Gasteiger partial charge in [0.05, 0.1) is 24.6 Å². The molecule has 208 valence electrons. The number of hydrogen-bond donors (Lipinski definition) is 2. The normalized spacial score (nSPS) is 16.5. The molecule has 0 amide bonds. The molecule has 0 radical (unpaired) electrons. The number of nitrogens with one attached hydrogen (secondary N) is 1. The average molecular weight is 521 g/mol. The van der Waals surface area contributed by atoms with Crippen LogP contribution in [-0.2, 0) is 0 Å². The van der Waals surface area contributed by atoms with E-state index < -0.39 is 0 Å². The summed E-state index contributed by atoms with van der Waals surface area (Å²) in [5.74, 6) is 2.47. The Hall–Kier alpha value is -2.88. The first-order valence-corrected chi connectivity index (χ1v) is 14.4. The van der Waals surface area contributed by atoms with Crippen molar-refractivity contribution in [3.63, 3.8) is 0 Å². The first kappa shape index (κ1) is 31.3. The van der Waals surface area contributed by atoms with Gasteiger partial charge in [0.15, 0.2) is 0 Å². The quantitative estimate of drug-likeness (QED) is 0.269. The van der Waals surface area contributed by atoms with Crippen LogP contribution in [0.3, 0.4) is 0 Å². The Morgan fingerprint density at radius 2 is 1.84 bits per heavy atom. The number of aryl methyl sites for hydroxylation is 1. The Balaban J connectivity index is 0.000000428. The molecule has 0 saturated heterocycles. The molecule has 4 rings (SSSR count). The third-order valence-electron chi connectivity index (χ3n) is 7.52. The second-order valence-corrected chi connectivity index (χ2v) is 10.2. The Labute approximate surface area is 230 Å². The highest BCUT2D eigenvalue weighted by Crippen LogP contribution is 2.33. The van der Waals surface area contributed by atoms with Gasteiger partial charge in [0.2, 0.25) is 0 Å². The summed E-state index contributed by atoms with van der Waals surface area (Å²) >= 11 is 0. The zero-order chi connectivity index (χ0) is 28.1. The average Bonchev–Trinajstić information content (AvgIpc) is 3.82. The number of nitriles is 1. The van der Waals surface area contributed by atoms with Crippen molar-refractivity contribution in [2.24, 2.45) is 11.8 Å². The molecule has 0 aliphatic heterocycles. The predicted octanol–water partition coefficient (Wildman–Crippen LogP) is 8.35. The van der Waals surface area contributed by atoms with E-state index in [9.17, 15) is 10.5 Å². The second kappa shape index (κ2) is 16.2. The van der Waals surface area contributed by atoms with Gasteiger partial charge < -0.3 is 4.74 Å². The zero-order valence-electron chi connectivity index (χ0n) is 24.6. The monoisotopic (exact) mass is 520 g/mol. The fraction of sp³-hybridized carbons (Fsp3) is 0.562. The lowest BCUT2D eigenvalue weighted by Crippen LogP contribution is -2.42. The molecule has 1 heterocycles. The molecule has 2 saturated carbocycles. The lowest BCUT2D eigenvalue weighted by atomic mass is 9.88. The van der Waals surface area contributed by atoms with Crippen LogP contribution >= 0.6 is 0 Å². The van der Waals surface area contributed by atoms with Crippen molar-refractivity contribution in [1.29, 1.82) is 5.26 Å². The molecule has 0 spiro atoms. The van der Waals surface area contributed by atoms with E-state index in [0.717, 1.165) is 33.5 Å². The lowest BCUT2D eigenvalue weighted by molar-refractivity contribution is 0.190. The smallest absolute Gasteiger partial charge is 0.119 e. The molecule has 38 heavy (non-hydrogen) atoms. The highest BCUT2D eigenvalue weighted by atomic mass is 16.5. The minimum absolute atomic E-state index is 0.217. The summed E-state index contributed by atoms with van der Waals surface area (Å²) < 4.78 is 5.24. The maximum absolute atomic E-state index is 10.2. The third-order valence-corrected chi connectivity index (χ3v) is 7.52. The summed E-state index contributed by atoms with van der Waals surface area (Å²) in [6.45, 7) is 12.2. The van der Waals surface area contributed by atoms with Crippen molar-refractivity contribution in [3.05, 3.63) is 53.3 Å². The molecule has 2 aliphatic carbocycles. The van der Waals surface area contributed by atoms with E-state index in [1.54, 1.807) is 19.4 Å². The number of ether oxygens (including phenoxy) is 1. The SMILES string of the molecule is CC.CCC1CCCCC1.COc1ccc(/C(C#N)=C(\C)c2ccc(N(O)N[C@@H](C)C3CC3)cn2)c(C)c1. The number of methoxy groups -OCH3 is 1. The molecule has 2 aliphatic rings. The van der Waals surface area contributed by atoms with Gasteiger partial charge in [-0.25, -0.2) is 5.43 Å². The minimum Gasteiger partial charge on any atom is -0.497 e. The molecule has 6 nitrogen and oxygen atoms in total. The number of hydrazine groups is 1.